The van der Waals surface area contributed by atoms with Crippen molar-refractivity contribution in [2.75, 3.05) is 11.6 Å². The van der Waals surface area contributed by atoms with Gasteiger partial charge in [-0.05, 0) is 64.8 Å². The van der Waals surface area contributed by atoms with Crippen LogP contribution in [0.2, 0.25) is 0 Å². The molecule has 2 aliphatic heterocycles. The fourth-order valence-electron chi connectivity index (χ4n) is 3.70. The summed E-state index contributed by atoms with van der Waals surface area (Å²) >= 11 is 0. The third-order valence-electron chi connectivity index (χ3n) is 5.03. The molecule has 2 heterocycles. The highest BCUT2D eigenvalue weighted by atomic mass is 15.4. The maximum absolute atomic E-state index is 3.35. The number of hydrogen-bond donors (Lipinski definition) is 1. The Balaban J connectivity index is 1.98. The lowest BCUT2D eigenvalue weighted by atomic mass is 10.0. The Bertz CT molecular complexity index is 770. The van der Waals surface area contributed by atoms with Gasteiger partial charge in [0.25, 0.3) is 0 Å². The molecule has 1 N–H and O–H groups in total. The van der Waals surface area contributed by atoms with Crippen LogP contribution in [0, 0.1) is 20.8 Å². The standard InChI is InChI=1S/C21H27N3/c1-14-11-15(2)21(16(3)12-14)24-13-23(17(4)18(24)5)19(6)20-9-7-8-10-22-20/h7-12,22H,13H2,1-6H3/b20-19-. The van der Waals surface area contributed by atoms with Crippen LogP contribution in [-0.4, -0.2) is 11.6 Å². The van der Waals surface area contributed by atoms with Crippen LogP contribution in [0.25, 0.3) is 0 Å². The molecule has 0 amide bonds. The predicted molar refractivity (Wildman–Crippen MR) is 102 cm³/mol. The number of anilines is 1. The van der Waals surface area contributed by atoms with Crippen LogP contribution in [0.1, 0.15) is 37.5 Å². The fraction of sp³-hybridized carbons (Fsp3) is 0.333. The molecule has 0 spiro atoms. The quantitative estimate of drug-likeness (QED) is 0.840. The minimum Gasteiger partial charge on any atom is -0.360 e. The third-order valence-corrected chi connectivity index (χ3v) is 5.03. The second-order valence-electron chi connectivity index (χ2n) is 6.78. The van der Waals surface area contributed by atoms with Gasteiger partial charge < -0.3 is 15.1 Å². The molecular weight excluding hydrogens is 294 g/mol. The molecular formula is C21H27N3. The summed E-state index contributed by atoms with van der Waals surface area (Å²) in [5.74, 6) is 0. The number of aryl methyl sites for hydroxylation is 3. The molecule has 0 aliphatic carbocycles. The van der Waals surface area contributed by atoms with Crippen molar-refractivity contribution in [2.45, 2.75) is 41.5 Å². The average Bonchev–Trinajstić information content (AvgIpc) is 2.83. The van der Waals surface area contributed by atoms with Crippen LogP contribution >= 0.6 is 0 Å². The van der Waals surface area contributed by atoms with Gasteiger partial charge in [-0.3, -0.25) is 0 Å². The van der Waals surface area contributed by atoms with Crippen molar-refractivity contribution in [3.05, 3.63) is 76.0 Å². The van der Waals surface area contributed by atoms with E-state index in [1.807, 2.05) is 12.3 Å². The topological polar surface area (TPSA) is 18.5 Å². The largest absolute Gasteiger partial charge is 0.360 e. The van der Waals surface area contributed by atoms with Crippen LogP contribution in [-0.2, 0) is 0 Å². The third kappa shape index (κ3) is 2.75. The first-order chi connectivity index (χ1) is 11.4. The van der Waals surface area contributed by atoms with Crippen molar-refractivity contribution < 1.29 is 0 Å². The molecule has 126 valence electrons. The zero-order chi connectivity index (χ0) is 17.4. The summed E-state index contributed by atoms with van der Waals surface area (Å²) in [5.41, 5.74) is 10.4. The average molecular weight is 321 g/mol. The molecule has 2 aliphatic rings. The summed E-state index contributed by atoms with van der Waals surface area (Å²) < 4.78 is 0. The van der Waals surface area contributed by atoms with E-state index in [4.69, 9.17) is 0 Å². The van der Waals surface area contributed by atoms with Gasteiger partial charge in [0, 0.05) is 29.0 Å². The lowest BCUT2D eigenvalue weighted by Gasteiger charge is -2.28. The van der Waals surface area contributed by atoms with Gasteiger partial charge in [0.2, 0.25) is 0 Å². The van der Waals surface area contributed by atoms with Crippen LogP contribution in [0.4, 0.5) is 5.69 Å². The monoisotopic (exact) mass is 321 g/mol. The van der Waals surface area contributed by atoms with Crippen LogP contribution < -0.4 is 10.2 Å². The molecule has 0 atom stereocenters. The maximum Gasteiger partial charge on any atom is 0.0992 e. The molecule has 0 radical (unpaired) electrons. The normalized spacial score (nSPS) is 19.2. The van der Waals surface area contributed by atoms with Gasteiger partial charge in [0.15, 0.2) is 0 Å². The van der Waals surface area contributed by atoms with Crippen molar-refractivity contribution in [1.29, 1.82) is 0 Å². The summed E-state index contributed by atoms with van der Waals surface area (Å²) in [4.78, 5) is 4.83. The molecule has 0 unspecified atom stereocenters. The van der Waals surface area contributed by atoms with Crippen molar-refractivity contribution in [3.8, 4) is 0 Å². The van der Waals surface area contributed by atoms with Gasteiger partial charge in [-0.1, -0.05) is 23.8 Å². The van der Waals surface area contributed by atoms with Crippen LogP contribution in [0.3, 0.4) is 0 Å². The first-order valence-corrected chi connectivity index (χ1v) is 8.51. The van der Waals surface area contributed by atoms with Gasteiger partial charge >= 0.3 is 0 Å². The zero-order valence-electron chi connectivity index (χ0n) is 15.6. The molecule has 3 rings (SSSR count). The van der Waals surface area contributed by atoms with Gasteiger partial charge in [0.1, 0.15) is 0 Å². The Morgan fingerprint density at radius 2 is 1.62 bits per heavy atom. The van der Waals surface area contributed by atoms with Gasteiger partial charge in [-0.15, -0.1) is 0 Å². The van der Waals surface area contributed by atoms with Crippen molar-refractivity contribution in [1.82, 2.24) is 10.2 Å². The van der Waals surface area contributed by atoms with Crippen LogP contribution in [0.5, 0.6) is 0 Å². The molecule has 0 aromatic heterocycles. The van der Waals surface area contributed by atoms with Crippen molar-refractivity contribution in [3.63, 3.8) is 0 Å². The van der Waals surface area contributed by atoms with Crippen molar-refractivity contribution in [2.24, 2.45) is 0 Å². The van der Waals surface area contributed by atoms with E-state index in [1.54, 1.807) is 0 Å². The first-order valence-electron chi connectivity index (χ1n) is 8.51. The molecule has 1 aromatic carbocycles. The van der Waals surface area contributed by atoms with E-state index in [2.05, 4.69) is 80.9 Å². The Kier molecular flexibility index (Phi) is 4.27. The molecule has 3 nitrogen and oxygen atoms in total. The molecule has 1 aromatic rings. The second-order valence-corrected chi connectivity index (χ2v) is 6.78. The number of allylic oxidation sites excluding steroid dienone is 6. The number of benzene rings is 1. The molecule has 0 bridgehead atoms. The number of nitrogens with zero attached hydrogens (tertiary/aromatic N) is 2. The number of hydrogen-bond acceptors (Lipinski definition) is 3. The summed E-state index contributed by atoms with van der Waals surface area (Å²) in [6, 6.07) is 4.55. The van der Waals surface area contributed by atoms with Gasteiger partial charge in [-0.25, -0.2) is 0 Å². The lowest BCUT2D eigenvalue weighted by molar-refractivity contribution is 0.461. The maximum atomic E-state index is 3.35. The van der Waals surface area contributed by atoms with Crippen LogP contribution in [0.15, 0.2) is 59.3 Å². The second kappa shape index (κ2) is 6.23. The first kappa shape index (κ1) is 16.4. The Labute approximate surface area is 145 Å². The molecule has 0 saturated carbocycles. The van der Waals surface area contributed by atoms with E-state index in [0.29, 0.717) is 0 Å². The molecule has 3 heteroatoms. The summed E-state index contributed by atoms with van der Waals surface area (Å²) in [5, 5.41) is 3.35. The molecule has 24 heavy (non-hydrogen) atoms. The number of nitrogens with one attached hydrogen (secondary N) is 1. The zero-order valence-corrected chi connectivity index (χ0v) is 15.6. The number of dihydropyridines is 1. The fourth-order valence-corrected chi connectivity index (χ4v) is 3.70. The van der Waals surface area contributed by atoms with Gasteiger partial charge in [0.05, 0.1) is 12.4 Å². The minimum absolute atomic E-state index is 0.858. The van der Waals surface area contributed by atoms with Crippen molar-refractivity contribution >= 4 is 5.69 Å². The number of rotatable bonds is 2. The Morgan fingerprint density at radius 1 is 0.958 bits per heavy atom. The summed E-state index contributed by atoms with van der Waals surface area (Å²) in [6.45, 7) is 14.1. The SMILES string of the molecule is CC1=C(C)N(c2c(C)cc(C)cc2C)CN1/C(C)=C1/C=CC=CN1. The smallest absolute Gasteiger partial charge is 0.0992 e. The highest BCUT2D eigenvalue weighted by Gasteiger charge is 2.28. The van der Waals surface area contributed by atoms with E-state index < -0.39 is 0 Å². The Morgan fingerprint density at radius 3 is 2.21 bits per heavy atom. The highest BCUT2D eigenvalue weighted by molar-refractivity contribution is 5.65. The molecule has 0 fully saturated rings. The molecule has 0 saturated heterocycles. The van der Waals surface area contributed by atoms with E-state index in [9.17, 15) is 0 Å². The van der Waals surface area contributed by atoms with E-state index in [0.717, 1.165) is 12.4 Å². The highest BCUT2D eigenvalue weighted by Crippen LogP contribution is 2.36. The van der Waals surface area contributed by atoms with E-state index in [-0.39, 0.29) is 0 Å². The van der Waals surface area contributed by atoms with E-state index in [1.165, 1.54) is 39.5 Å². The lowest BCUT2D eigenvalue weighted by Crippen LogP contribution is -2.29. The summed E-state index contributed by atoms with van der Waals surface area (Å²) in [6.07, 6.45) is 8.19. The van der Waals surface area contributed by atoms with Gasteiger partial charge in [-0.2, -0.15) is 0 Å². The summed E-state index contributed by atoms with van der Waals surface area (Å²) in [7, 11) is 0. The van der Waals surface area contributed by atoms with E-state index >= 15 is 0 Å². The Hall–Kier alpha value is -2.42. The predicted octanol–water partition coefficient (Wildman–Crippen LogP) is 4.85. The minimum atomic E-state index is 0.858.